The number of carbonyl (C=O) groups excluding carboxylic acids is 1. The van der Waals surface area contributed by atoms with Gasteiger partial charge in [0.15, 0.2) is 0 Å². The van der Waals surface area contributed by atoms with E-state index in [0.29, 0.717) is 12.5 Å². The fourth-order valence-electron chi connectivity index (χ4n) is 4.83. The van der Waals surface area contributed by atoms with Crippen molar-refractivity contribution < 1.29 is 13.9 Å². The van der Waals surface area contributed by atoms with E-state index in [1.54, 1.807) is 12.1 Å². The molecule has 3 heterocycles. The molecule has 1 unspecified atom stereocenters. The molecule has 0 aliphatic carbocycles. The highest BCUT2D eigenvalue weighted by atomic mass is 19.1. The van der Waals surface area contributed by atoms with Crippen molar-refractivity contribution in [3.8, 4) is 0 Å². The fourth-order valence-corrected chi connectivity index (χ4v) is 4.83. The summed E-state index contributed by atoms with van der Waals surface area (Å²) in [6.07, 6.45) is 1.67. The van der Waals surface area contributed by atoms with Crippen molar-refractivity contribution in [1.82, 2.24) is 9.80 Å². The topological polar surface area (TPSA) is 32.8 Å². The Balaban J connectivity index is 1.45. The molecule has 4 nitrogen and oxygen atoms in total. The van der Waals surface area contributed by atoms with E-state index in [0.717, 1.165) is 43.6 Å². The number of halogens is 1. The summed E-state index contributed by atoms with van der Waals surface area (Å²) in [4.78, 5) is 17.3. The maximum absolute atomic E-state index is 13.5. The maximum Gasteiger partial charge on any atom is 0.410 e. The standard InChI is InChI=1S/C22H23FN2O2/c23-18-7-5-16(6-8-18)21-19-4-2-1-3-15(19)10-12-25(21)22(26)27-20-14-24-11-9-17(20)13-24/h1-8,17,20-21H,9-14H2/t17-,20?,21+/m1/s1. The van der Waals surface area contributed by atoms with Crippen LogP contribution in [0.25, 0.3) is 0 Å². The predicted molar refractivity (Wildman–Crippen MR) is 99.9 cm³/mol. The van der Waals surface area contributed by atoms with Gasteiger partial charge in [0.05, 0.1) is 6.04 Å². The van der Waals surface area contributed by atoms with Crippen LogP contribution in [0.15, 0.2) is 48.5 Å². The summed E-state index contributed by atoms with van der Waals surface area (Å²) in [5.74, 6) is 0.197. The number of benzene rings is 2. The Morgan fingerprint density at radius 1 is 1.04 bits per heavy atom. The molecule has 140 valence electrons. The van der Waals surface area contributed by atoms with Gasteiger partial charge in [-0.15, -0.1) is 0 Å². The van der Waals surface area contributed by atoms with Gasteiger partial charge in [-0.2, -0.15) is 0 Å². The van der Waals surface area contributed by atoms with Crippen LogP contribution in [0.2, 0.25) is 0 Å². The average molecular weight is 366 g/mol. The van der Waals surface area contributed by atoms with Gasteiger partial charge < -0.3 is 4.74 Å². The summed E-state index contributed by atoms with van der Waals surface area (Å²) in [6.45, 7) is 3.62. The summed E-state index contributed by atoms with van der Waals surface area (Å²) >= 11 is 0. The highest BCUT2D eigenvalue weighted by Gasteiger charge is 2.42. The minimum absolute atomic E-state index is 0.00251. The first-order valence-corrected chi connectivity index (χ1v) is 9.72. The molecule has 0 saturated carbocycles. The third-order valence-electron chi connectivity index (χ3n) is 6.23. The minimum atomic E-state index is -0.270. The third-order valence-corrected chi connectivity index (χ3v) is 6.23. The largest absolute Gasteiger partial charge is 0.444 e. The summed E-state index contributed by atoms with van der Waals surface area (Å²) < 4.78 is 19.4. The van der Waals surface area contributed by atoms with Crippen LogP contribution in [0.4, 0.5) is 9.18 Å². The van der Waals surface area contributed by atoms with Gasteiger partial charge >= 0.3 is 6.09 Å². The SMILES string of the molecule is O=C(OC1C[N@@]2CC[C@@H]1C2)N1CCc2ccccc2[C@@H]1c1ccc(F)cc1. The lowest BCUT2D eigenvalue weighted by Gasteiger charge is -2.38. The molecule has 0 spiro atoms. The molecular formula is C22H23FN2O2. The molecule has 2 fully saturated rings. The van der Waals surface area contributed by atoms with E-state index in [4.69, 9.17) is 4.74 Å². The van der Waals surface area contributed by atoms with Gasteiger partial charge in [-0.3, -0.25) is 9.80 Å². The number of hydrogen-bond donors (Lipinski definition) is 0. The Labute approximate surface area is 158 Å². The van der Waals surface area contributed by atoms with Crippen LogP contribution in [0.5, 0.6) is 0 Å². The lowest BCUT2D eigenvalue weighted by atomic mass is 9.88. The van der Waals surface area contributed by atoms with Crippen LogP contribution in [0.3, 0.4) is 0 Å². The lowest BCUT2D eigenvalue weighted by Crippen LogP contribution is -2.44. The molecule has 1 amide bonds. The normalized spacial score (nSPS) is 28.9. The zero-order chi connectivity index (χ0) is 18.4. The Morgan fingerprint density at radius 2 is 1.85 bits per heavy atom. The second-order valence-electron chi connectivity index (χ2n) is 7.83. The number of carbonyl (C=O) groups is 1. The Morgan fingerprint density at radius 3 is 2.59 bits per heavy atom. The summed E-state index contributed by atoms with van der Waals surface area (Å²) in [6, 6.07) is 14.4. The molecule has 3 aliphatic rings. The van der Waals surface area contributed by atoms with Crippen LogP contribution < -0.4 is 0 Å². The summed E-state index contributed by atoms with van der Waals surface area (Å²) in [5, 5.41) is 0. The minimum Gasteiger partial charge on any atom is -0.444 e. The second-order valence-corrected chi connectivity index (χ2v) is 7.83. The first-order chi connectivity index (χ1) is 13.2. The molecule has 5 heteroatoms. The van der Waals surface area contributed by atoms with E-state index in [1.807, 2.05) is 17.0 Å². The van der Waals surface area contributed by atoms with Gasteiger partial charge in [0.25, 0.3) is 0 Å². The van der Waals surface area contributed by atoms with Gasteiger partial charge in [-0.1, -0.05) is 36.4 Å². The van der Waals surface area contributed by atoms with Crippen molar-refractivity contribution in [2.75, 3.05) is 26.2 Å². The first-order valence-electron chi connectivity index (χ1n) is 9.72. The molecule has 0 N–H and O–H groups in total. The molecule has 4 atom stereocenters. The van der Waals surface area contributed by atoms with Crippen molar-refractivity contribution in [3.63, 3.8) is 0 Å². The van der Waals surface area contributed by atoms with Gasteiger partial charge in [-0.05, 0) is 48.2 Å². The second kappa shape index (κ2) is 6.64. The quantitative estimate of drug-likeness (QED) is 0.814. The van der Waals surface area contributed by atoms with Crippen LogP contribution in [0, 0.1) is 11.7 Å². The van der Waals surface area contributed by atoms with E-state index in [1.165, 1.54) is 17.7 Å². The summed E-state index contributed by atoms with van der Waals surface area (Å²) in [5.41, 5.74) is 3.25. The van der Waals surface area contributed by atoms with Crippen LogP contribution in [0.1, 0.15) is 29.2 Å². The van der Waals surface area contributed by atoms with Crippen molar-refractivity contribution in [3.05, 3.63) is 71.0 Å². The van der Waals surface area contributed by atoms with E-state index in [-0.39, 0.29) is 24.1 Å². The molecule has 27 heavy (non-hydrogen) atoms. The Bertz CT molecular complexity index is 854. The molecule has 3 aliphatic heterocycles. The van der Waals surface area contributed by atoms with Crippen molar-refractivity contribution in [2.24, 2.45) is 5.92 Å². The smallest absolute Gasteiger partial charge is 0.410 e. The molecular weight excluding hydrogens is 343 g/mol. The van der Waals surface area contributed by atoms with Gasteiger partial charge in [0.2, 0.25) is 0 Å². The molecule has 2 saturated heterocycles. The molecule has 2 aromatic rings. The van der Waals surface area contributed by atoms with Gasteiger partial charge in [0, 0.05) is 25.6 Å². The zero-order valence-electron chi connectivity index (χ0n) is 15.2. The summed E-state index contributed by atoms with van der Waals surface area (Å²) in [7, 11) is 0. The highest BCUT2D eigenvalue weighted by molar-refractivity contribution is 5.70. The number of amides is 1. The zero-order valence-corrected chi connectivity index (χ0v) is 15.2. The van der Waals surface area contributed by atoms with E-state index >= 15 is 0 Å². The molecule has 2 aromatic carbocycles. The first kappa shape index (κ1) is 16.8. The highest BCUT2D eigenvalue weighted by Crippen LogP contribution is 2.37. The number of piperidine rings is 1. The van der Waals surface area contributed by atoms with E-state index in [9.17, 15) is 9.18 Å². The molecule has 5 rings (SSSR count). The van der Waals surface area contributed by atoms with Gasteiger partial charge in [-0.25, -0.2) is 9.18 Å². The van der Waals surface area contributed by atoms with E-state index < -0.39 is 0 Å². The number of nitrogens with zero attached hydrogens (tertiary/aromatic N) is 2. The van der Waals surface area contributed by atoms with Crippen molar-refractivity contribution >= 4 is 6.09 Å². The van der Waals surface area contributed by atoms with Crippen molar-refractivity contribution in [1.29, 1.82) is 0 Å². The number of hydrogen-bond acceptors (Lipinski definition) is 3. The predicted octanol–water partition coefficient (Wildman–Crippen LogP) is 3.61. The van der Waals surface area contributed by atoms with Crippen molar-refractivity contribution in [2.45, 2.75) is 25.0 Å². The van der Waals surface area contributed by atoms with Crippen LogP contribution in [-0.4, -0.2) is 48.2 Å². The number of rotatable bonds is 2. The number of fused-ring (bicyclic) bond motifs is 3. The van der Waals surface area contributed by atoms with Crippen LogP contribution >= 0.6 is 0 Å². The fraction of sp³-hybridized carbons (Fsp3) is 0.409. The van der Waals surface area contributed by atoms with Gasteiger partial charge in [0.1, 0.15) is 11.9 Å². The molecule has 0 radical (unpaired) electrons. The molecule has 0 aromatic heterocycles. The molecule has 2 bridgehead atoms. The average Bonchev–Trinajstić information content (AvgIpc) is 3.31. The lowest BCUT2D eigenvalue weighted by molar-refractivity contribution is 0.0332. The monoisotopic (exact) mass is 366 g/mol. The third kappa shape index (κ3) is 3.00. The van der Waals surface area contributed by atoms with Crippen LogP contribution in [-0.2, 0) is 11.2 Å². The van der Waals surface area contributed by atoms with E-state index in [2.05, 4.69) is 17.0 Å². The Hall–Kier alpha value is -2.40. The maximum atomic E-state index is 13.5. The Kier molecular flexibility index (Phi) is 4.12. The number of ether oxygens (including phenoxy) is 1.